The molecule has 1 heterocycles. The second-order valence-electron chi connectivity index (χ2n) is 4.49. The number of methoxy groups -OCH3 is 1. The molecule has 0 radical (unpaired) electrons. The van der Waals surface area contributed by atoms with E-state index in [0.29, 0.717) is 34.0 Å². The van der Waals surface area contributed by atoms with Gasteiger partial charge in [0.15, 0.2) is 0 Å². The van der Waals surface area contributed by atoms with E-state index in [4.69, 9.17) is 10.5 Å². The Labute approximate surface area is 122 Å². The van der Waals surface area contributed by atoms with E-state index in [9.17, 15) is 9.65 Å². The molecule has 5 nitrogen and oxygen atoms in total. The quantitative estimate of drug-likeness (QED) is 0.902. The van der Waals surface area contributed by atoms with Crippen molar-refractivity contribution >= 4 is 17.2 Å². The van der Waals surface area contributed by atoms with Crippen molar-refractivity contribution in [2.24, 2.45) is 0 Å². The maximum atomic E-state index is 12.9. The third-order valence-electron chi connectivity index (χ3n) is 3.04. The third-order valence-corrected chi connectivity index (χ3v) is 3.04. The molecule has 0 saturated heterocycles. The molecule has 0 aliphatic heterocycles. The zero-order valence-electron chi connectivity index (χ0n) is 11.8. The van der Waals surface area contributed by atoms with Crippen molar-refractivity contribution in [2.45, 2.75) is 13.5 Å². The number of rotatable bonds is 4. The number of aryl methyl sites for hydroxylation is 1. The highest BCUT2D eigenvalue weighted by atomic mass is 19.1. The Balaban J connectivity index is 2.48. The van der Waals surface area contributed by atoms with Gasteiger partial charge in [-0.1, -0.05) is 0 Å². The predicted molar refractivity (Wildman–Crippen MR) is 78.5 cm³/mol. The number of nitriles is 1. The second-order valence-corrected chi connectivity index (χ2v) is 4.49. The van der Waals surface area contributed by atoms with Gasteiger partial charge in [-0.05, 0) is 31.2 Å². The Kier molecular flexibility index (Phi) is 4.36. The van der Waals surface area contributed by atoms with Crippen molar-refractivity contribution in [2.75, 3.05) is 18.2 Å². The van der Waals surface area contributed by atoms with E-state index in [-0.39, 0.29) is 12.4 Å². The van der Waals surface area contributed by atoms with E-state index < -0.39 is 0 Å². The van der Waals surface area contributed by atoms with E-state index in [1.807, 2.05) is 0 Å². The lowest BCUT2D eigenvalue weighted by Gasteiger charge is -2.14. The number of hydrogen-bond acceptors (Lipinski definition) is 5. The largest absolute Gasteiger partial charge is 0.397 e. The van der Waals surface area contributed by atoms with Gasteiger partial charge in [0, 0.05) is 18.4 Å². The molecule has 0 aliphatic carbocycles. The molecule has 2 rings (SSSR count). The number of benzene rings is 1. The van der Waals surface area contributed by atoms with Crippen molar-refractivity contribution in [3.8, 4) is 6.07 Å². The fourth-order valence-electron chi connectivity index (χ4n) is 1.95. The Bertz CT molecular complexity index is 692. The molecule has 1 aromatic heterocycles. The lowest BCUT2D eigenvalue weighted by atomic mass is 10.1. The molecule has 0 saturated carbocycles. The van der Waals surface area contributed by atoms with Crippen molar-refractivity contribution < 1.29 is 9.13 Å². The van der Waals surface area contributed by atoms with Gasteiger partial charge in [0.2, 0.25) is 0 Å². The number of nitrogens with zero attached hydrogens (tertiary/aromatic N) is 2. The Morgan fingerprint density at radius 1 is 1.38 bits per heavy atom. The van der Waals surface area contributed by atoms with E-state index in [0.717, 1.165) is 0 Å². The summed E-state index contributed by atoms with van der Waals surface area (Å²) in [5.41, 5.74) is 8.55. The number of ether oxygens (including phenoxy) is 1. The molecule has 2 aromatic rings. The van der Waals surface area contributed by atoms with Crippen LogP contribution in [0.4, 0.5) is 21.6 Å². The smallest absolute Gasteiger partial charge is 0.149 e. The highest BCUT2D eigenvalue weighted by molar-refractivity contribution is 5.70. The zero-order valence-corrected chi connectivity index (χ0v) is 11.8. The Morgan fingerprint density at radius 3 is 2.62 bits per heavy atom. The molecule has 0 aliphatic rings. The van der Waals surface area contributed by atoms with Crippen molar-refractivity contribution in [1.29, 1.82) is 5.26 Å². The van der Waals surface area contributed by atoms with Crippen LogP contribution in [0.3, 0.4) is 0 Å². The van der Waals surface area contributed by atoms with Gasteiger partial charge in [-0.15, -0.1) is 0 Å². The topological polar surface area (TPSA) is 84.0 Å². The van der Waals surface area contributed by atoms with Crippen molar-refractivity contribution in [3.05, 3.63) is 46.9 Å². The molecular formula is C15H15FN4O. The van der Waals surface area contributed by atoms with Gasteiger partial charge in [0.25, 0.3) is 0 Å². The molecule has 0 atom stereocenters. The number of nitrogens with one attached hydrogen (secondary N) is 1. The highest BCUT2D eigenvalue weighted by Crippen LogP contribution is 2.28. The predicted octanol–water partition coefficient (Wildman–Crippen LogP) is 2.87. The first-order valence-corrected chi connectivity index (χ1v) is 6.27. The van der Waals surface area contributed by atoms with Crippen LogP contribution in [-0.4, -0.2) is 12.1 Å². The van der Waals surface area contributed by atoms with Crippen LogP contribution < -0.4 is 11.1 Å². The number of hydrogen-bond donors (Lipinski definition) is 2. The van der Waals surface area contributed by atoms with E-state index >= 15 is 0 Å². The Morgan fingerprint density at radius 2 is 2.05 bits per heavy atom. The number of nitrogens with two attached hydrogens (primary N) is 1. The van der Waals surface area contributed by atoms with Crippen LogP contribution in [0.25, 0.3) is 0 Å². The summed E-state index contributed by atoms with van der Waals surface area (Å²) in [6.45, 7) is 1.97. The molecular weight excluding hydrogens is 271 g/mol. The standard InChI is InChI=1S/C15H15FN4O/c1-9-14(18)13(8-21-2)12(7-17)15(19-9)20-11-5-3-10(16)4-6-11/h3-6H,8,18H2,1-2H3,(H,19,20). The van der Waals surface area contributed by atoms with Crippen LogP contribution in [0.15, 0.2) is 24.3 Å². The molecule has 3 N–H and O–H groups in total. The fraction of sp³-hybridized carbons (Fsp3) is 0.200. The average molecular weight is 286 g/mol. The maximum absolute atomic E-state index is 12.9. The summed E-state index contributed by atoms with van der Waals surface area (Å²) in [7, 11) is 1.53. The van der Waals surface area contributed by atoms with Gasteiger partial charge in [0.05, 0.1) is 18.0 Å². The van der Waals surface area contributed by atoms with Crippen molar-refractivity contribution in [3.63, 3.8) is 0 Å². The average Bonchev–Trinajstić information content (AvgIpc) is 2.47. The summed E-state index contributed by atoms with van der Waals surface area (Å²) in [4.78, 5) is 4.30. The maximum Gasteiger partial charge on any atom is 0.149 e. The van der Waals surface area contributed by atoms with Crippen LogP contribution >= 0.6 is 0 Å². The first-order chi connectivity index (χ1) is 10.1. The van der Waals surface area contributed by atoms with Gasteiger partial charge < -0.3 is 15.8 Å². The lowest BCUT2D eigenvalue weighted by molar-refractivity contribution is 0.185. The summed E-state index contributed by atoms with van der Waals surface area (Å²) in [5.74, 6) is 0.0467. The molecule has 0 spiro atoms. The number of aromatic nitrogens is 1. The lowest BCUT2D eigenvalue weighted by Crippen LogP contribution is -2.08. The summed E-state index contributed by atoms with van der Waals surface area (Å²) in [6, 6.07) is 7.88. The van der Waals surface area contributed by atoms with Gasteiger partial charge in [-0.3, -0.25) is 0 Å². The summed E-state index contributed by atoms with van der Waals surface area (Å²) in [5, 5.41) is 12.4. The van der Waals surface area contributed by atoms with Crippen LogP contribution in [0, 0.1) is 24.1 Å². The van der Waals surface area contributed by atoms with E-state index in [1.54, 1.807) is 19.1 Å². The summed E-state index contributed by atoms with van der Waals surface area (Å²) < 4.78 is 18.0. The summed E-state index contributed by atoms with van der Waals surface area (Å²) in [6.07, 6.45) is 0. The molecule has 0 bridgehead atoms. The number of halogens is 1. The molecule has 6 heteroatoms. The monoisotopic (exact) mass is 286 g/mol. The van der Waals surface area contributed by atoms with Gasteiger partial charge in [0.1, 0.15) is 23.3 Å². The number of pyridine rings is 1. The SMILES string of the molecule is COCc1c(N)c(C)nc(Nc2ccc(F)cc2)c1C#N. The van der Waals surface area contributed by atoms with E-state index in [1.165, 1.54) is 19.2 Å². The third kappa shape index (κ3) is 3.09. The highest BCUT2D eigenvalue weighted by Gasteiger charge is 2.16. The zero-order chi connectivity index (χ0) is 15.4. The van der Waals surface area contributed by atoms with Crippen LogP contribution in [0.5, 0.6) is 0 Å². The van der Waals surface area contributed by atoms with Crippen LogP contribution in [0.2, 0.25) is 0 Å². The second kappa shape index (κ2) is 6.20. The number of anilines is 3. The van der Waals surface area contributed by atoms with Crippen molar-refractivity contribution in [1.82, 2.24) is 4.98 Å². The van der Waals surface area contributed by atoms with E-state index in [2.05, 4.69) is 16.4 Å². The molecule has 108 valence electrons. The number of nitrogen functional groups attached to an aromatic ring is 1. The summed E-state index contributed by atoms with van der Waals surface area (Å²) >= 11 is 0. The first kappa shape index (κ1) is 14.8. The molecule has 0 unspecified atom stereocenters. The van der Waals surface area contributed by atoms with Gasteiger partial charge in [-0.25, -0.2) is 9.37 Å². The molecule has 0 amide bonds. The molecule has 21 heavy (non-hydrogen) atoms. The minimum Gasteiger partial charge on any atom is -0.397 e. The van der Waals surface area contributed by atoms with Crippen LogP contribution in [0.1, 0.15) is 16.8 Å². The van der Waals surface area contributed by atoms with Gasteiger partial charge >= 0.3 is 0 Å². The Hall–Kier alpha value is -2.65. The van der Waals surface area contributed by atoms with Crippen LogP contribution in [-0.2, 0) is 11.3 Å². The molecule has 0 fully saturated rings. The fourth-order valence-corrected chi connectivity index (χ4v) is 1.95. The van der Waals surface area contributed by atoms with Gasteiger partial charge in [-0.2, -0.15) is 5.26 Å². The normalized spacial score (nSPS) is 10.2. The minimum absolute atomic E-state index is 0.218. The molecule has 1 aromatic carbocycles. The first-order valence-electron chi connectivity index (χ1n) is 6.27. The minimum atomic E-state index is -0.331.